The highest BCUT2D eigenvalue weighted by molar-refractivity contribution is 6.10. The highest BCUT2D eigenvalue weighted by Crippen LogP contribution is 2.40. The molecule has 0 amide bonds. The molecule has 55 heavy (non-hydrogen) atoms. The Bertz CT molecular complexity index is 3280. The summed E-state index contributed by atoms with van der Waals surface area (Å²) in [5.41, 5.74) is 8.84. The van der Waals surface area contributed by atoms with Crippen molar-refractivity contribution >= 4 is 54.3 Å². The third-order valence-electron chi connectivity index (χ3n) is 10.7. The topological polar surface area (TPSA) is 51.8 Å². The standard InChI is InChI=1S/C51H31N3O/c1-2-14-34-30-36(27-26-32(34)12-1)35-16-9-17-37(31-35)49-52-50(54-51(53-49)46-24-11-23-44-43-21-7-8-25-47(43)55-48(44)46)45-29-28-42(40-19-5-6-20-41(40)45)39-22-10-15-33-13-3-4-18-38(33)39/h1-31H. The summed E-state index contributed by atoms with van der Waals surface area (Å²) in [7, 11) is 0. The van der Waals surface area contributed by atoms with Crippen LogP contribution in [0.4, 0.5) is 0 Å². The van der Waals surface area contributed by atoms with Crippen LogP contribution in [-0.2, 0) is 0 Å². The number of aromatic nitrogens is 3. The van der Waals surface area contributed by atoms with Crippen molar-refractivity contribution < 1.29 is 4.42 Å². The molecule has 0 atom stereocenters. The lowest BCUT2D eigenvalue weighted by Crippen LogP contribution is -2.01. The fraction of sp³-hybridized carbons (Fsp3) is 0. The van der Waals surface area contributed by atoms with Crippen LogP contribution in [0.2, 0.25) is 0 Å². The first-order valence-corrected chi connectivity index (χ1v) is 18.5. The molecule has 2 heterocycles. The monoisotopic (exact) mass is 701 g/mol. The van der Waals surface area contributed by atoms with Crippen LogP contribution in [0.3, 0.4) is 0 Å². The van der Waals surface area contributed by atoms with E-state index in [4.69, 9.17) is 19.4 Å². The smallest absolute Gasteiger partial charge is 0.167 e. The molecule has 0 fully saturated rings. The predicted octanol–water partition coefficient (Wildman–Crippen LogP) is 13.6. The maximum absolute atomic E-state index is 6.51. The van der Waals surface area contributed by atoms with E-state index in [9.17, 15) is 0 Å². The summed E-state index contributed by atoms with van der Waals surface area (Å²) in [5, 5.41) is 9.15. The van der Waals surface area contributed by atoms with Crippen LogP contribution in [0.1, 0.15) is 0 Å². The van der Waals surface area contributed by atoms with Crippen LogP contribution >= 0.6 is 0 Å². The molecule has 2 aromatic heterocycles. The van der Waals surface area contributed by atoms with E-state index >= 15 is 0 Å². The largest absolute Gasteiger partial charge is 0.455 e. The van der Waals surface area contributed by atoms with Gasteiger partial charge in [-0.1, -0.05) is 158 Å². The van der Waals surface area contributed by atoms with Crippen molar-refractivity contribution in [3.8, 4) is 56.4 Å². The summed E-state index contributed by atoms with van der Waals surface area (Å²) in [4.78, 5) is 15.7. The van der Waals surface area contributed by atoms with Gasteiger partial charge in [-0.15, -0.1) is 0 Å². The second kappa shape index (κ2) is 12.6. The molecule has 0 unspecified atom stereocenters. The van der Waals surface area contributed by atoms with Gasteiger partial charge in [-0.2, -0.15) is 0 Å². The van der Waals surface area contributed by atoms with E-state index in [1.807, 2.05) is 24.3 Å². The predicted molar refractivity (Wildman–Crippen MR) is 227 cm³/mol. The molecule has 0 saturated carbocycles. The molecule has 4 heteroatoms. The van der Waals surface area contributed by atoms with Gasteiger partial charge in [0.2, 0.25) is 0 Å². The van der Waals surface area contributed by atoms with Gasteiger partial charge >= 0.3 is 0 Å². The van der Waals surface area contributed by atoms with Gasteiger partial charge in [-0.3, -0.25) is 0 Å². The van der Waals surface area contributed by atoms with E-state index in [1.54, 1.807) is 0 Å². The summed E-state index contributed by atoms with van der Waals surface area (Å²) in [6.07, 6.45) is 0. The molecular weight excluding hydrogens is 671 g/mol. The minimum absolute atomic E-state index is 0.558. The number of hydrogen-bond acceptors (Lipinski definition) is 4. The quantitative estimate of drug-likeness (QED) is 0.179. The van der Waals surface area contributed by atoms with Crippen molar-refractivity contribution in [2.45, 2.75) is 0 Å². The fourth-order valence-electron chi connectivity index (χ4n) is 8.07. The second-order valence-electron chi connectivity index (χ2n) is 14.0. The Hall–Kier alpha value is -7.43. The Kier molecular flexibility index (Phi) is 7.14. The number of para-hydroxylation sites is 2. The first-order valence-electron chi connectivity index (χ1n) is 18.5. The molecule has 0 aliphatic carbocycles. The average molecular weight is 702 g/mol. The molecule has 9 aromatic carbocycles. The van der Waals surface area contributed by atoms with Crippen molar-refractivity contribution in [3.63, 3.8) is 0 Å². The number of fused-ring (bicyclic) bond motifs is 6. The molecule has 11 aromatic rings. The molecule has 0 N–H and O–H groups in total. The Labute approximate surface area is 317 Å². The maximum Gasteiger partial charge on any atom is 0.167 e. The number of furan rings is 1. The van der Waals surface area contributed by atoms with E-state index in [2.05, 4.69) is 164 Å². The Morgan fingerprint density at radius 3 is 1.71 bits per heavy atom. The summed E-state index contributed by atoms with van der Waals surface area (Å²) in [5.74, 6) is 1.76. The van der Waals surface area contributed by atoms with Crippen molar-refractivity contribution in [1.29, 1.82) is 0 Å². The average Bonchev–Trinajstić information content (AvgIpc) is 3.65. The van der Waals surface area contributed by atoms with Crippen molar-refractivity contribution in [1.82, 2.24) is 15.0 Å². The summed E-state index contributed by atoms with van der Waals surface area (Å²) >= 11 is 0. The molecule has 0 aliphatic rings. The Morgan fingerprint density at radius 1 is 0.291 bits per heavy atom. The summed E-state index contributed by atoms with van der Waals surface area (Å²) in [6.45, 7) is 0. The zero-order valence-corrected chi connectivity index (χ0v) is 29.6. The third-order valence-corrected chi connectivity index (χ3v) is 10.7. The molecular formula is C51H31N3O. The van der Waals surface area contributed by atoms with Gasteiger partial charge in [0.05, 0.1) is 5.56 Å². The number of benzene rings is 9. The first-order chi connectivity index (χ1) is 27.2. The molecule has 0 radical (unpaired) electrons. The van der Waals surface area contributed by atoms with Gasteiger partial charge in [0.1, 0.15) is 11.2 Å². The molecule has 0 bridgehead atoms. The SMILES string of the molecule is c1cc(-c2ccc3ccccc3c2)cc(-c2nc(-c3ccc(-c4cccc5ccccc45)c4ccccc34)nc(-c3cccc4c3oc3ccccc34)n2)c1. The zero-order chi connectivity index (χ0) is 36.3. The molecule has 0 saturated heterocycles. The number of rotatable bonds is 5. The van der Waals surface area contributed by atoms with Crippen LogP contribution in [0.25, 0.3) is 111 Å². The lowest BCUT2D eigenvalue weighted by atomic mass is 9.92. The van der Waals surface area contributed by atoms with Gasteiger partial charge < -0.3 is 4.42 Å². The van der Waals surface area contributed by atoms with Crippen LogP contribution in [-0.4, -0.2) is 15.0 Å². The van der Waals surface area contributed by atoms with Crippen LogP contribution in [0.15, 0.2) is 192 Å². The van der Waals surface area contributed by atoms with E-state index < -0.39 is 0 Å². The summed E-state index contributed by atoms with van der Waals surface area (Å²) in [6, 6.07) is 65.9. The van der Waals surface area contributed by atoms with Crippen LogP contribution < -0.4 is 0 Å². The molecule has 0 spiro atoms. The minimum atomic E-state index is 0.558. The number of hydrogen-bond donors (Lipinski definition) is 0. The van der Waals surface area contributed by atoms with Gasteiger partial charge in [-0.05, 0) is 84.9 Å². The van der Waals surface area contributed by atoms with Crippen LogP contribution in [0.5, 0.6) is 0 Å². The minimum Gasteiger partial charge on any atom is -0.455 e. The van der Waals surface area contributed by atoms with Crippen LogP contribution in [0, 0.1) is 0 Å². The highest BCUT2D eigenvalue weighted by Gasteiger charge is 2.20. The zero-order valence-electron chi connectivity index (χ0n) is 29.6. The maximum atomic E-state index is 6.51. The third kappa shape index (κ3) is 5.26. The van der Waals surface area contributed by atoms with E-state index in [1.165, 1.54) is 32.7 Å². The van der Waals surface area contributed by atoms with Gasteiger partial charge in [0.15, 0.2) is 17.5 Å². The second-order valence-corrected chi connectivity index (χ2v) is 14.0. The van der Waals surface area contributed by atoms with Crippen molar-refractivity contribution in [3.05, 3.63) is 188 Å². The van der Waals surface area contributed by atoms with Gasteiger partial charge in [0.25, 0.3) is 0 Å². The Balaban J connectivity index is 1.13. The Morgan fingerprint density at radius 2 is 0.836 bits per heavy atom. The number of nitrogens with zero attached hydrogens (tertiary/aromatic N) is 3. The van der Waals surface area contributed by atoms with E-state index in [0.29, 0.717) is 17.5 Å². The lowest BCUT2D eigenvalue weighted by Gasteiger charge is -2.14. The molecule has 256 valence electrons. The van der Waals surface area contributed by atoms with Crippen molar-refractivity contribution in [2.24, 2.45) is 0 Å². The van der Waals surface area contributed by atoms with E-state index in [0.717, 1.165) is 60.5 Å². The van der Waals surface area contributed by atoms with Gasteiger partial charge in [-0.25, -0.2) is 15.0 Å². The first kappa shape index (κ1) is 31.1. The molecule has 11 rings (SSSR count). The lowest BCUT2D eigenvalue weighted by molar-refractivity contribution is 0.669. The molecule has 4 nitrogen and oxygen atoms in total. The fourth-order valence-corrected chi connectivity index (χ4v) is 8.07. The summed E-state index contributed by atoms with van der Waals surface area (Å²) < 4.78 is 6.51. The van der Waals surface area contributed by atoms with E-state index in [-0.39, 0.29) is 0 Å². The molecule has 0 aliphatic heterocycles. The van der Waals surface area contributed by atoms with Crippen molar-refractivity contribution in [2.75, 3.05) is 0 Å². The van der Waals surface area contributed by atoms with Gasteiger partial charge in [0, 0.05) is 21.9 Å². The normalized spacial score (nSPS) is 11.6. The highest BCUT2D eigenvalue weighted by atomic mass is 16.3.